The molecule has 1 N–H and O–H groups in total. The van der Waals surface area contributed by atoms with Crippen LogP contribution in [0, 0.1) is 0 Å². The Kier molecular flexibility index (Phi) is 4.21. The molecule has 0 unspecified atom stereocenters. The standard InChI is InChI=1S/C14H16ClNO/c15-12-5-3-4-11(10-12)8-9-14(17)16-13-6-1-2-7-13/h3-5,8-10,13H,1-2,6-7H2,(H,16,17). The van der Waals surface area contributed by atoms with Crippen molar-refractivity contribution >= 4 is 23.6 Å². The van der Waals surface area contributed by atoms with E-state index in [2.05, 4.69) is 5.32 Å². The van der Waals surface area contributed by atoms with Crippen LogP contribution in [0.1, 0.15) is 31.2 Å². The summed E-state index contributed by atoms with van der Waals surface area (Å²) in [6.07, 6.45) is 8.03. The van der Waals surface area contributed by atoms with E-state index in [4.69, 9.17) is 11.6 Å². The third kappa shape index (κ3) is 3.90. The van der Waals surface area contributed by atoms with Crippen LogP contribution in [0.3, 0.4) is 0 Å². The highest BCUT2D eigenvalue weighted by Gasteiger charge is 2.15. The Morgan fingerprint density at radius 3 is 2.82 bits per heavy atom. The minimum Gasteiger partial charge on any atom is -0.350 e. The minimum absolute atomic E-state index is 0.0168. The summed E-state index contributed by atoms with van der Waals surface area (Å²) in [4.78, 5) is 11.6. The Balaban J connectivity index is 1.89. The maximum Gasteiger partial charge on any atom is 0.244 e. The van der Waals surface area contributed by atoms with Crippen molar-refractivity contribution in [3.05, 3.63) is 40.9 Å². The van der Waals surface area contributed by atoms with Crippen molar-refractivity contribution in [3.8, 4) is 0 Å². The molecule has 0 radical (unpaired) electrons. The predicted octanol–water partition coefficient (Wildman–Crippen LogP) is 3.41. The molecule has 1 fully saturated rings. The zero-order valence-corrected chi connectivity index (χ0v) is 10.4. The second-order valence-electron chi connectivity index (χ2n) is 4.38. The first-order chi connectivity index (χ1) is 8.24. The van der Waals surface area contributed by atoms with Crippen LogP contribution >= 0.6 is 11.6 Å². The van der Waals surface area contributed by atoms with Crippen LogP contribution < -0.4 is 5.32 Å². The molecule has 0 aromatic heterocycles. The van der Waals surface area contributed by atoms with E-state index in [1.165, 1.54) is 12.8 Å². The van der Waals surface area contributed by atoms with Crippen LogP contribution in [-0.4, -0.2) is 11.9 Å². The molecule has 0 spiro atoms. The average molecular weight is 250 g/mol. The van der Waals surface area contributed by atoms with E-state index in [0.717, 1.165) is 18.4 Å². The fourth-order valence-corrected chi connectivity index (χ4v) is 2.30. The third-order valence-electron chi connectivity index (χ3n) is 2.98. The minimum atomic E-state index is -0.0168. The highest BCUT2D eigenvalue weighted by atomic mass is 35.5. The van der Waals surface area contributed by atoms with E-state index in [1.54, 1.807) is 12.2 Å². The van der Waals surface area contributed by atoms with Gasteiger partial charge >= 0.3 is 0 Å². The molecule has 1 aliphatic rings. The third-order valence-corrected chi connectivity index (χ3v) is 3.21. The zero-order chi connectivity index (χ0) is 12.1. The Labute approximate surface area is 107 Å². The molecule has 0 bridgehead atoms. The number of carbonyl (C=O) groups is 1. The topological polar surface area (TPSA) is 29.1 Å². The highest BCUT2D eigenvalue weighted by molar-refractivity contribution is 6.30. The number of halogens is 1. The molecular weight excluding hydrogens is 234 g/mol. The normalized spacial score (nSPS) is 16.5. The molecule has 3 heteroatoms. The van der Waals surface area contributed by atoms with Gasteiger partial charge in [-0.15, -0.1) is 0 Å². The van der Waals surface area contributed by atoms with E-state index in [0.29, 0.717) is 11.1 Å². The van der Waals surface area contributed by atoms with Gasteiger partial charge in [0.15, 0.2) is 0 Å². The van der Waals surface area contributed by atoms with Crippen LogP contribution in [0.15, 0.2) is 30.3 Å². The Bertz CT molecular complexity index is 422. The van der Waals surface area contributed by atoms with E-state index >= 15 is 0 Å². The van der Waals surface area contributed by atoms with Gasteiger partial charge in [0.1, 0.15) is 0 Å². The van der Waals surface area contributed by atoms with Gasteiger partial charge in [0.05, 0.1) is 0 Å². The van der Waals surface area contributed by atoms with Crippen molar-refractivity contribution < 1.29 is 4.79 Å². The quantitative estimate of drug-likeness (QED) is 0.818. The molecule has 0 saturated heterocycles. The van der Waals surface area contributed by atoms with Crippen molar-refractivity contribution in [1.82, 2.24) is 5.32 Å². The van der Waals surface area contributed by atoms with Gasteiger partial charge in [-0.2, -0.15) is 0 Å². The molecule has 2 rings (SSSR count). The van der Waals surface area contributed by atoms with Gasteiger partial charge in [-0.25, -0.2) is 0 Å². The Hall–Kier alpha value is -1.28. The summed E-state index contributed by atoms with van der Waals surface area (Å²) in [6.45, 7) is 0. The summed E-state index contributed by atoms with van der Waals surface area (Å²) >= 11 is 5.86. The van der Waals surface area contributed by atoms with Crippen LogP contribution in [0.4, 0.5) is 0 Å². The molecule has 90 valence electrons. The molecule has 0 atom stereocenters. The molecule has 1 amide bonds. The first-order valence-electron chi connectivity index (χ1n) is 5.98. The fourth-order valence-electron chi connectivity index (χ4n) is 2.10. The number of benzene rings is 1. The van der Waals surface area contributed by atoms with Gasteiger partial charge in [0.25, 0.3) is 0 Å². The SMILES string of the molecule is O=C(C=Cc1cccc(Cl)c1)NC1CCCC1. The van der Waals surface area contributed by atoms with E-state index in [-0.39, 0.29) is 5.91 Å². The summed E-state index contributed by atoms with van der Waals surface area (Å²) in [7, 11) is 0. The summed E-state index contributed by atoms with van der Waals surface area (Å²) in [5.41, 5.74) is 0.944. The number of rotatable bonds is 3. The van der Waals surface area contributed by atoms with Crippen molar-refractivity contribution in [2.24, 2.45) is 0 Å². The molecule has 1 aromatic carbocycles. The molecule has 1 aromatic rings. The van der Waals surface area contributed by atoms with Crippen LogP contribution in [0.5, 0.6) is 0 Å². The first kappa shape index (κ1) is 12.2. The number of nitrogens with one attached hydrogen (secondary N) is 1. The van der Waals surface area contributed by atoms with E-state index < -0.39 is 0 Å². The summed E-state index contributed by atoms with van der Waals surface area (Å²) in [5.74, 6) is -0.0168. The van der Waals surface area contributed by atoms with Crippen LogP contribution in [0.2, 0.25) is 5.02 Å². The highest BCUT2D eigenvalue weighted by Crippen LogP contribution is 2.17. The Morgan fingerprint density at radius 2 is 2.12 bits per heavy atom. The van der Waals surface area contributed by atoms with Crippen molar-refractivity contribution in [3.63, 3.8) is 0 Å². The van der Waals surface area contributed by atoms with Gasteiger partial charge < -0.3 is 5.32 Å². The van der Waals surface area contributed by atoms with Crippen molar-refractivity contribution in [1.29, 1.82) is 0 Å². The maximum atomic E-state index is 11.6. The summed E-state index contributed by atoms with van der Waals surface area (Å²) in [6, 6.07) is 7.81. The smallest absolute Gasteiger partial charge is 0.244 e. The van der Waals surface area contributed by atoms with E-state index in [9.17, 15) is 4.79 Å². The van der Waals surface area contributed by atoms with Gasteiger partial charge in [0.2, 0.25) is 5.91 Å². The number of carbonyl (C=O) groups excluding carboxylic acids is 1. The summed E-state index contributed by atoms with van der Waals surface area (Å²) in [5, 5.41) is 3.69. The fraction of sp³-hybridized carbons (Fsp3) is 0.357. The molecule has 1 aliphatic carbocycles. The van der Waals surface area contributed by atoms with Gasteiger partial charge in [-0.3, -0.25) is 4.79 Å². The van der Waals surface area contributed by atoms with Gasteiger partial charge in [-0.05, 0) is 36.6 Å². The lowest BCUT2D eigenvalue weighted by molar-refractivity contribution is -0.117. The average Bonchev–Trinajstić information content (AvgIpc) is 2.79. The van der Waals surface area contributed by atoms with Gasteiger partial charge in [0, 0.05) is 17.1 Å². The number of amides is 1. The first-order valence-corrected chi connectivity index (χ1v) is 6.36. The van der Waals surface area contributed by atoms with Crippen LogP contribution in [0.25, 0.3) is 6.08 Å². The molecule has 17 heavy (non-hydrogen) atoms. The van der Waals surface area contributed by atoms with Crippen molar-refractivity contribution in [2.75, 3.05) is 0 Å². The number of hydrogen-bond donors (Lipinski definition) is 1. The monoisotopic (exact) mass is 249 g/mol. The maximum absolute atomic E-state index is 11.6. The lowest BCUT2D eigenvalue weighted by Gasteiger charge is -2.08. The lowest BCUT2D eigenvalue weighted by atomic mass is 10.2. The predicted molar refractivity (Wildman–Crippen MR) is 70.9 cm³/mol. The van der Waals surface area contributed by atoms with E-state index in [1.807, 2.05) is 24.3 Å². The molecule has 2 nitrogen and oxygen atoms in total. The van der Waals surface area contributed by atoms with Crippen molar-refractivity contribution in [2.45, 2.75) is 31.7 Å². The molecular formula is C14H16ClNO. The molecule has 0 heterocycles. The largest absolute Gasteiger partial charge is 0.350 e. The number of hydrogen-bond acceptors (Lipinski definition) is 1. The van der Waals surface area contributed by atoms with Crippen LogP contribution in [-0.2, 0) is 4.79 Å². The molecule has 0 aliphatic heterocycles. The molecule has 1 saturated carbocycles. The Morgan fingerprint density at radius 1 is 1.35 bits per heavy atom. The second-order valence-corrected chi connectivity index (χ2v) is 4.81. The zero-order valence-electron chi connectivity index (χ0n) is 9.66. The van der Waals surface area contributed by atoms with Gasteiger partial charge in [-0.1, -0.05) is 36.6 Å². The summed E-state index contributed by atoms with van der Waals surface area (Å²) < 4.78 is 0. The lowest BCUT2D eigenvalue weighted by Crippen LogP contribution is -2.30. The second kappa shape index (κ2) is 5.87.